The van der Waals surface area contributed by atoms with Gasteiger partial charge >= 0.3 is 0 Å². The van der Waals surface area contributed by atoms with Crippen LogP contribution in [0.4, 0.5) is 11.4 Å². The van der Waals surface area contributed by atoms with Crippen molar-refractivity contribution < 1.29 is 9.72 Å². The second-order valence-electron chi connectivity index (χ2n) is 8.01. The average molecular weight is 407 g/mol. The van der Waals surface area contributed by atoms with E-state index in [4.69, 9.17) is 4.98 Å². The fourth-order valence-electron chi connectivity index (χ4n) is 4.01. The number of aromatic amines is 1. The third-order valence-corrected chi connectivity index (χ3v) is 5.41. The molecule has 1 aliphatic rings. The summed E-state index contributed by atoms with van der Waals surface area (Å²) in [4.78, 5) is 33.8. The number of aromatic nitrogens is 2. The lowest BCUT2D eigenvalue weighted by molar-refractivity contribution is -0.384. The first-order chi connectivity index (χ1) is 14.4. The number of hydrogen-bond acceptors (Lipinski definition) is 5. The molecule has 1 fully saturated rings. The van der Waals surface area contributed by atoms with Gasteiger partial charge in [-0.3, -0.25) is 14.9 Å². The van der Waals surface area contributed by atoms with Crippen LogP contribution in [-0.4, -0.2) is 39.9 Å². The van der Waals surface area contributed by atoms with E-state index in [9.17, 15) is 14.9 Å². The van der Waals surface area contributed by atoms with Crippen LogP contribution in [0.1, 0.15) is 48.8 Å². The van der Waals surface area contributed by atoms with E-state index in [0.29, 0.717) is 17.8 Å². The summed E-state index contributed by atoms with van der Waals surface area (Å²) in [6.45, 7) is 5.08. The molecule has 0 radical (unpaired) electrons. The molecule has 0 aliphatic carbocycles. The van der Waals surface area contributed by atoms with Crippen molar-refractivity contribution in [2.24, 2.45) is 0 Å². The minimum absolute atomic E-state index is 0.0390. The van der Waals surface area contributed by atoms with Gasteiger partial charge in [0, 0.05) is 36.7 Å². The quantitative estimate of drug-likeness (QED) is 0.491. The zero-order valence-corrected chi connectivity index (χ0v) is 17.1. The SMILES string of the molecule is CC(C)NC(=O)c1ccc(N2CCCC(c3nc4ccccc4[nH]3)C2)c([N+](=O)[O-])c1. The predicted molar refractivity (Wildman–Crippen MR) is 116 cm³/mol. The topological polar surface area (TPSA) is 104 Å². The van der Waals surface area contributed by atoms with Crippen molar-refractivity contribution in [3.8, 4) is 0 Å². The number of hydrogen-bond donors (Lipinski definition) is 2. The Hall–Kier alpha value is -3.42. The first-order valence-electron chi connectivity index (χ1n) is 10.2. The lowest BCUT2D eigenvalue weighted by atomic mass is 9.96. The monoisotopic (exact) mass is 407 g/mol. The molecule has 1 atom stereocenters. The number of nitro groups is 1. The van der Waals surface area contributed by atoms with E-state index in [1.54, 1.807) is 12.1 Å². The van der Waals surface area contributed by atoms with Gasteiger partial charge in [-0.1, -0.05) is 12.1 Å². The summed E-state index contributed by atoms with van der Waals surface area (Å²) in [5, 5.41) is 14.5. The molecule has 156 valence electrons. The molecule has 4 rings (SSSR count). The summed E-state index contributed by atoms with van der Waals surface area (Å²) < 4.78 is 0. The molecule has 0 saturated carbocycles. The summed E-state index contributed by atoms with van der Waals surface area (Å²) in [5.74, 6) is 0.768. The summed E-state index contributed by atoms with van der Waals surface area (Å²) in [7, 11) is 0. The van der Waals surface area contributed by atoms with E-state index in [1.165, 1.54) is 6.07 Å². The molecule has 2 aromatic carbocycles. The standard InChI is InChI=1S/C22H25N5O3/c1-14(2)23-22(28)15-9-10-19(20(12-15)27(29)30)26-11-5-6-16(13-26)21-24-17-7-3-4-8-18(17)25-21/h3-4,7-10,12,14,16H,5-6,11,13H2,1-2H3,(H,23,28)(H,24,25). The Kier molecular flexibility index (Phi) is 5.39. The number of fused-ring (bicyclic) bond motifs is 1. The van der Waals surface area contributed by atoms with Gasteiger partial charge in [-0.2, -0.15) is 0 Å². The van der Waals surface area contributed by atoms with Gasteiger partial charge in [0.1, 0.15) is 11.5 Å². The van der Waals surface area contributed by atoms with Crippen molar-refractivity contribution in [2.45, 2.75) is 38.6 Å². The molecule has 0 bridgehead atoms. The summed E-state index contributed by atoms with van der Waals surface area (Å²) >= 11 is 0. The lowest BCUT2D eigenvalue weighted by Crippen LogP contribution is -2.35. The van der Waals surface area contributed by atoms with Crippen LogP contribution in [0.15, 0.2) is 42.5 Å². The molecule has 1 unspecified atom stereocenters. The number of nitrogens with one attached hydrogen (secondary N) is 2. The van der Waals surface area contributed by atoms with Gasteiger partial charge in [0.15, 0.2) is 0 Å². The first-order valence-corrected chi connectivity index (χ1v) is 10.2. The maximum absolute atomic E-state index is 12.3. The van der Waals surface area contributed by atoms with Crippen LogP contribution in [0, 0.1) is 10.1 Å². The number of nitrogens with zero attached hydrogens (tertiary/aromatic N) is 3. The van der Waals surface area contributed by atoms with Gasteiger partial charge in [-0.25, -0.2) is 4.98 Å². The Morgan fingerprint density at radius 2 is 2.10 bits per heavy atom. The minimum Gasteiger partial charge on any atom is -0.365 e. The molecule has 2 N–H and O–H groups in total. The third-order valence-electron chi connectivity index (χ3n) is 5.41. The molecule has 0 spiro atoms. The summed E-state index contributed by atoms with van der Waals surface area (Å²) in [6.07, 6.45) is 1.88. The normalized spacial score (nSPS) is 16.8. The molecule has 1 aliphatic heterocycles. The zero-order valence-electron chi connectivity index (χ0n) is 17.1. The first kappa shape index (κ1) is 19.9. The molecular formula is C22H25N5O3. The number of carbonyl (C=O) groups is 1. The number of carbonyl (C=O) groups excluding carboxylic acids is 1. The number of anilines is 1. The Morgan fingerprint density at radius 3 is 2.83 bits per heavy atom. The molecule has 8 nitrogen and oxygen atoms in total. The van der Waals surface area contributed by atoms with E-state index >= 15 is 0 Å². The number of piperidine rings is 1. The Bertz CT molecular complexity index is 1060. The van der Waals surface area contributed by atoms with Crippen LogP contribution in [0.3, 0.4) is 0 Å². The Morgan fingerprint density at radius 1 is 1.30 bits per heavy atom. The molecule has 8 heteroatoms. The maximum atomic E-state index is 12.3. The van der Waals surface area contributed by atoms with Crippen LogP contribution < -0.4 is 10.2 Å². The van der Waals surface area contributed by atoms with Crippen LogP contribution in [0.2, 0.25) is 0 Å². The van der Waals surface area contributed by atoms with Gasteiger partial charge in [-0.15, -0.1) is 0 Å². The number of nitro benzene ring substituents is 1. The van der Waals surface area contributed by atoms with Gasteiger partial charge in [0.25, 0.3) is 11.6 Å². The van der Waals surface area contributed by atoms with Crippen LogP contribution in [-0.2, 0) is 0 Å². The smallest absolute Gasteiger partial charge is 0.293 e. The Labute approximate surface area is 174 Å². The van der Waals surface area contributed by atoms with Gasteiger partial charge < -0.3 is 15.2 Å². The van der Waals surface area contributed by atoms with Gasteiger partial charge in [0.05, 0.1) is 16.0 Å². The van der Waals surface area contributed by atoms with Crippen molar-refractivity contribution in [1.29, 1.82) is 0 Å². The van der Waals surface area contributed by atoms with Gasteiger partial charge in [0.2, 0.25) is 0 Å². The van der Waals surface area contributed by atoms with E-state index in [0.717, 1.165) is 36.2 Å². The van der Waals surface area contributed by atoms with Crippen molar-refractivity contribution in [3.63, 3.8) is 0 Å². The van der Waals surface area contributed by atoms with Gasteiger partial charge in [-0.05, 0) is 51.0 Å². The fraction of sp³-hybridized carbons (Fsp3) is 0.364. The summed E-state index contributed by atoms with van der Waals surface area (Å²) in [5.41, 5.74) is 2.72. The zero-order chi connectivity index (χ0) is 21.3. The molecule has 30 heavy (non-hydrogen) atoms. The molecule has 2 heterocycles. The number of H-pyrrole nitrogens is 1. The Balaban J connectivity index is 1.60. The lowest BCUT2D eigenvalue weighted by Gasteiger charge is -2.33. The summed E-state index contributed by atoms with van der Waals surface area (Å²) in [6, 6.07) is 12.6. The highest BCUT2D eigenvalue weighted by atomic mass is 16.6. The van der Waals surface area contributed by atoms with Crippen molar-refractivity contribution >= 4 is 28.3 Å². The third kappa shape index (κ3) is 3.98. The number of rotatable bonds is 5. The number of benzene rings is 2. The minimum atomic E-state index is -0.410. The van der Waals surface area contributed by atoms with E-state index in [1.807, 2.05) is 43.0 Å². The van der Waals surface area contributed by atoms with Crippen molar-refractivity contribution in [3.05, 3.63) is 64.0 Å². The van der Waals surface area contributed by atoms with Crippen molar-refractivity contribution in [2.75, 3.05) is 18.0 Å². The second-order valence-corrected chi connectivity index (χ2v) is 8.01. The number of imidazole rings is 1. The largest absolute Gasteiger partial charge is 0.365 e. The maximum Gasteiger partial charge on any atom is 0.293 e. The highest BCUT2D eigenvalue weighted by molar-refractivity contribution is 5.96. The average Bonchev–Trinajstić information content (AvgIpc) is 3.17. The number of amides is 1. The second kappa shape index (κ2) is 8.14. The van der Waals surface area contributed by atoms with Crippen LogP contribution >= 0.6 is 0 Å². The highest BCUT2D eigenvalue weighted by Gasteiger charge is 2.28. The van der Waals surface area contributed by atoms with Crippen molar-refractivity contribution in [1.82, 2.24) is 15.3 Å². The number of para-hydroxylation sites is 2. The highest BCUT2D eigenvalue weighted by Crippen LogP contribution is 2.35. The fourth-order valence-corrected chi connectivity index (χ4v) is 4.01. The van der Waals surface area contributed by atoms with E-state index in [2.05, 4.69) is 10.3 Å². The predicted octanol–water partition coefficient (Wildman–Crippen LogP) is 3.99. The molecule has 1 saturated heterocycles. The van der Waals surface area contributed by atoms with Crippen LogP contribution in [0.5, 0.6) is 0 Å². The molecule has 1 amide bonds. The molecule has 1 aromatic heterocycles. The molecule has 3 aromatic rings. The molecular weight excluding hydrogens is 382 g/mol. The van der Waals surface area contributed by atoms with E-state index in [-0.39, 0.29) is 23.6 Å². The van der Waals surface area contributed by atoms with Crippen LogP contribution in [0.25, 0.3) is 11.0 Å². The van der Waals surface area contributed by atoms with E-state index < -0.39 is 4.92 Å².